The number of rotatable bonds is 6. The predicted molar refractivity (Wildman–Crippen MR) is 118 cm³/mol. The van der Waals surface area contributed by atoms with Crippen molar-refractivity contribution in [2.75, 3.05) is 26.5 Å². The zero-order valence-corrected chi connectivity index (χ0v) is 19.2. The van der Waals surface area contributed by atoms with Crippen LogP contribution in [0.4, 0.5) is 4.79 Å². The lowest BCUT2D eigenvalue weighted by atomic mass is 9.82. The number of piperidine rings is 1. The molecule has 2 aliphatic rings. The summed E-state index contributed by atoms with van der Waals surface area (Å²) in [7, 11) is -1.79. The third kappa shape index (κ3) is 6.09. The Kier molecular flexibility index (Phi) is 8.01. The maximum absolute atomic E-state index is 12.3. The monoisotopic (exact) mass is 457 g/mol. The lowest BCUT2D eigenvalue weighted by Crippen LogP contribution is -2.60. The van der Waals surface area contributed by atoms with Crippen LogP contribution in [-0.2, 0) is 14.8 Å². The summed E-state index contributed by atoms with van der Waals surface area (Å²) in [5, 5.41) is 3.48. The minimum atomic E-state index is -3.37. The van der Waals surface area contributed by atoms with Gasteiger partial charge in [-0.2, -0.15) is 0 Å². The Hall–Kier alpha value is -1.35. The summed E-state index contributed by atoms with van der Waals surface area (Å²) >= 11 is 6.35. The van der Waals surface area contributed by atoms with E-state index in [0.29, 0.717) is 25.5 Å². The quantitative estimate of drug-likeness (QED) is 0.687. The van der Waals surface area contributed by atoms with Gasteiger partial charge in [0.05, 0.1) is 25.0 Å². The molecule has 3 rings (SSSR count). The SMILES string of the molecule is CNC(=O)N1CCC[C@H](NS(C)(=O)=O)[C@@H]1COC1CCC(c2ccccc2Cl)CC1. The summed E-state index contributed by atoms with van der Waals surface area (Å²) in [6.45, 7) is 0.914. The third-order valence-corrected chi connectivity index (χ3v) is 7.22. The summed E-state index contributed by atoms with van der Waals surface area (Å²) in [6.07, 6.45) is 6.55. The van der Waals surface area contributed by atoms with E-state index in [1.807, 2.05) is 18.2 Å². The van der Waals surface area contributed by atoms with Gasteiger partial charge in [0.15, 0.2) is 0 Å². The Bertz CT molecular complexity index is 827. The van der Waals surface area contributed by atoms with E-state index in [0.717, 1.165) is 43.4 Å². The highest BCUT2D eigenvalue weighted by molar-refractivity contribution is 7.88. The summed E-state index contributed by atoms with van der Waals surface area (Å²) < 4.78 is 32.5. The van der Waals surface area contributed by atoms with E-state index in [2.05, 4.69) is 16.1 Å². The molecule has 2 atom stereocenters. The molecule has 9 heteroatoms. The summed E-state index contributed by atoms with van der Waals surface area (Å²) in [5.41, 5.74) is 1.20. The fourth-order valence-electron chi connectivity index (χ4n) is 4.65. The van der Waals surface area contributed by atoms with Crippen molar-refractivity contribution in [3.8, 4) is 0 Å². The van der Waals surface area contributed by atoms with E-state index in [9.17, 15) is 13.2 Å². The average molecular weight is 458 g/mol. The number of ether oxygens (including phenoxy) is 1. The topological polar surface area (TPSA) is 87.7 Å². The highest BCUT2D eigenvalue weighted by atomic mass is 35.5. The molecule has 0 radical (unpaired) electrons. The zero-order valence-electron chi connectivity index (χ0n) is 17.6. The van der Waals surface area contributed by atoms with Gasteiger partial charge in [-0.3, -0.25) is 0 Å². The Morgan fingerprint density at radius 3 is 2.53 bits per heavy atom. The normalized spacial score (nSPS) is 27.6. The minimum Gasteiger partial charge on any atom is -0.376 e. The second kappa shape index (κ2) is 10.3. The Labute approximate surface area is 184 Å². The molecule has 168 valence electrons. The number of nitrogens with one attached hydrogen (secondary N) is 2. The number of halogens is 1. The second-order valence-corrected chi connectivity index (χ2v) is 10.5. The molecule has 2 N–H and O–H groups in total. The summed E-state index contributed by atoms with van der Waals surface area (Å²) in [4.78, 5) is 14.0. The predicted octanol–water partition coefficient (Wildman–Crippen LogP) is 3.10. The van der Waals surface area contributed by atoms with Crippen molar-refractivity contribution in [3.63, 3.8) is 0 Å². The largest absolute Gasteiger partial charge is 0.376 e. The van der Waals surface area contributed by atoms with Crippen LogP contribution in [0.25, 0.3) is 0 Å². The molecule has 1 aliphatic heterocycles. The molecular weight excluding hydrogens is 426 g/mol. The number of urea groups is 1. The van der Waals surface area contributed by atoms with Gasteiger partial charge in [0.2, 0.25) is 10.0 Å². The minimum absolute atomic E-state index is 0.107. The Morgan fingerprint density at radius 1 is 1.20 bits per heavy atom. The number of hydrogen-bond acceptors (Lipinski definition) is 4. The molecule has 1 aliphatic carbocycles. The number of likely N-dealkylation sites (tertiary alicyclic amines) is 1. The Balaban J connectivity index is 1.60. The van der Waals surface area contributed by atoms with Gasteiger partial charge in [-0.1, -0.05) is 29.8 Å². The molecule has 0 spiro atoms. The number of hydrogen-bond donors (Lipinski definition) is 2. The Morgan fingerprint density at radius 2 is 1.90 bits per heavy atom. The molecule has 0 unspecified atom stereocenters. The molecule has 0 aromatic heterocycles. The molecule has 1 aromatic carbocycles. The van der Waals surface area contributed by atoms with Crippen molar-refractivity contribution in [1.82, 2.24) is 14.9 Å². The van der Waals surface area contributed by atoms with Gasteiger partial charge in [0, 0.05) is 24.7 Å². The van der Waals surface area contributed by atoms with E-state index in [-0.39, 0.29) is 24.2 Å². The highest BCUT2D eigenvalue weighted by Gasteiger charge is 2.36. The number of carbonyl (C=O) groups is 1. The summed E-state index contributed by atoms with van der Waals surface area (Å²) in [5.74, 6) is 0.440. The van der Waals surface area contributed by atoms with Crippen LogP contribution in [0.15, 0.2) is 24.3 Å². The number of benzene rings is 1. The van der Waals surface area contributed by atoms with Crippen LogP contribution in [0, 0.1) is 0 Å². The fourth-order valence-corrected chi connectivity index (χ4v) is 5.77. The van der Waals surface area contributed by atoms with Gasteiger partial charge in [-0.05, 0) is 56.1 Å². The molecule has 2 amide bonds. The smallest absolute Gasteiger partial charge is 0.317 e. The van der Waals surface area contributed by atoms with Gasteiger partial charge in [0.25, 0.3) is 0 Å². The van der Waals surface area contributed by atoms with E-state index in [1.165, 1.54) is 5.56 Å². The first-order chi connectivity index (χ1) is 14.3. The standard InChI is InChI=1S/C21H32ClN3O4S/c1-23-21(26)25-13-5-8-19(24-30(2,27)28)20(25)14-29-16-11-9-15(10-12-16)17-6-3-4-7-18(17)22/h3-4,6-7,15-16,19-20,24H,5,8-14H2,1-2H3,(H,23,26)/t15?,16?,19-,20-/m0/s1. The van der Waals surface area contributed by atoms with Gasteiger partial charge in [-0.25, -0.2) is 17.9 Å². The highest BCUT2D eigenvalue weighted by Crippen LogP contribution is 2.37. The van der Waals surface area contributed by atoms with E-state index < -0.39 is 10.0 Å². The van der Waals surface area contributed by atoms with Gasteiger partial charge < -0.3 is 15.0 Å². The molecule has 0 bridgehead atoms. The van der Waals surface area contributed by atoms with Crippen LogP contribution >= 0.6 is 11.6 Å². The lowest BCUT2D eigenvalue weighted by Gasteiger charge is -2.41. The van der Waals surface area contributed by atoms with Crippen molar-refractivity contribution < 1.29 is 17.9 Å². The van der Waals surface area contributed by atoms with Crippen molar-refractivity contribution in [2.24, 2.45) is 0 Å². The first-order valence-corrected chi connectivity index (χ1v) is 12.9. The van der Waals surface area contributed by atoms with Crippen LogP contribution in [0.2, 0.25) is 5.02 Å². The van der Waals surface area contributed by atoms with Crippen LogP contribution in [-0.4, -0.2) is 64.0 Å². The second-order valence-electron chi connectivity index (χ2n) is 8.28. The van der Waals surface area contributed by atoms with Gasteiger partial charge in [0.1, 0.15) is 0 Å². The third-order valence-electron chi connectivity index (χ3n) is 6.14. The van der Waals surface area contributed by atoms with E-state index >= 15 is 0 Å². The number of sulfonamides is 1. The first-order valence-electron chi connectivity index (χ1n) is 10.6. The number of nitrogens with zero attached hydrogens (tertiary/aromatic N) is 1. The van der Waals surface area contributed by atoms with Gasteiger partial charge in [-0.15, -0.1) is 0 Å². The molecular formula is C21H32ClN3O4S. The number of carbonyl (C=O) groups excluding carboxylic acids is 1. The molecule has 1 saturated heterocycles. The molecule has 30 heavy (non-hydrogen) atoms. The maximum Gasteiger partial charge on any atom is 0.317 e. The summed E-state index contributed by atoms with van der Waals surface area (Å²) in [6, 6.07) is 7.13. The van der Waals surface area contributed by atoms with Crippen molar-refractivity contribution >= 4 is 27.7 Å². The lowest BCUT2D eigenvalue weighted by molar-refractivity contribution is -0.0172. The zero-order chi connectivity index (χ0) is 21.7. The molecule has 1 saturated carbocycles. The molecule has 2 fully saturated rings. The maximum atomic E-state index is 12.3. The van der Waals surface area contributed by atoms with Crippen molar-refractivity contribution in [2.45, 2.75) is 62.6 Å². The van der Waals surface area contributed by atoms with Crippen molar-refractivity contribution in [3.05, 3.63) is 34.9 Å². The first kappa shape index (κ1) is 23.3. The van der Waals surface area contributed by atoms with Crippen molar-refractivity contribution in [1.29, 1.82) is 0 Å². The molecule has 7 nitrogen and oxygen atoms in total. The fraction of sp³-hybridized carbons (Fsp3) is 0.667. The van der Waals surface area contributed by atoms with Gasteiger partial charge >= 0.3 is 6.03 Å². The number of amides is 2. The van der Waals surface area contributed by atoms with Crippen LogP contribution in [0.1, 0.15) is 50.0 Å². The van der Waals surface area contributed by atoms with Crippen LogP contribution in [0.5, 0.6) is 0 Å². The molecule has 1 heterocycles. The van der Waals surface area contributed by atoms with E-state index in [1.54, 1.807) is 11.9 Å². The molecule has 1 aromatic rings. The average Bonchev–Trinajstić information content (AvgIpc) is 2.72. The van der Waals surface area contributed by atoms with Crippen LogP contribution < -0.4 is 10.0 Å². The van der Waals surface area contributed by atoms with E-state index in [4.69, 9.17) is 16.3 Å². The van der Waals surface area contributed by atoms with Crippen LogP contribution in [0.3, 0.4) is 0 Å².